The minimum Gasteiger partial charge on any atom is -0.478 e. The van der Waals surface area contributed by atoms with Crippen LogP contribution in [0.2, 0.25) is 5.02 Å². The van der Waals surface area contributed by atoms with Gasteiger partial charge in [0.1, 0.15) is 5.02 Å². The quantitative estimate of drug-likeness (QED) is 0.668. The van der Waals surface area contributed by atoms with Gasteiger partial charge >= 0.3 is 5.97 Å². The average Bonchev–Trinajstić information content (AvgIpc) is 2.63. The highest BCUT2D eigenvalue weighted by atomic mass is 35.5. The Labute approximate surface area is 119 Å². The number of nitrogens with zero attached hydrogens (tertiary/aromatic N) is 1. The molecule has 1 aromatic carbocycles. The molecule has 0 aliphatic carbocycles. The van der Waals surface area contributed by atoms with Crippen molar-refractivity contribution in [3.05, 3.63) is 50.3 Å². The van der Waals surface area contributed by atoms with E-state index in [-0.39, 0.29) is 21.8 Å². The summed E-state index contributed by atoms with van der Waals surface area (Å²) in [6, 6.07) is 4.45. The number of carboxylic acids is 1. The van der Waals surface area contributed by atoms with Crippen LogP contribution in [0.1, 0.15) is 21.7 Å². The van der Waals surface area contributed by atoms with E-state index < -0.39 is 10.9 Å². The van der Waals surface area contributed by atoms with Crippen LogP contribution in [0.3, 0.4) is 0 Å². The molecule has 0 saturated heterocycles. The number of rotatable bonds is 3. The maximum atomic E-state index is 11.4. The van der Waals surface area contributed by atoms with Crippen LogP contribution in [0, 0.1) is 24.0 Å². The van der Waals surface area contributed by atoms with Gasteiger partial charge in [0.2, 0.25) is 0 Å². The lowest BCUT2D eigenvalue weighted by molar-refractivity contribution is -0.384. The lowest BCUT2D eigenvalue weighted by Crippen LogP contribution is -2.01. The van der Waals surface area contributed by atoms with Crippen molar-refractivity contribution in [2.75, 3.05) is 0 Å². The van der Waals surface area contributed by atoms with Crippen LogP contribution in [0.5, 0.6) is 0 Å². The molecule has 1 aromatic heterocycles. The summed E-state index contributed by atoms with van der Waals surface area (Å²) in [6.07, 6.45) is 0. The van der Waals surface area contributed by atoms with Crippen molar-refractivity contribution < 1.29 is 14.8 Å². The Morgan fingerprint density at radius 3 is 2.55 bits per heavy atom. The van der Waals surface area contributed by atoms with Gasteiger partial charge in [0.25, 0.3) is 5.69 Å². The van der Waals surface area contributed by atoms with Gasteiger partial charge in [0.05, 0.1) is 16.1 Å². The number of hydrogen-bond acceptors (Lipinski definition) is 3. The van der Waals surface area contributed by atoms with E-state index in [2.05, 4.69) is 4.98 Å². The molecule has 7 heteroatoms. The van der Waals surface area contributed by atoms with E-state index in [1.807, 2.05) is 0 Å². The molecular formula is C13H11ClN2O4. The number of hydrogen-bond donors (Lipinski definition) is 2. The number of halogens is 1. The molecule has 20 heavy (non-hydrogen) atoms. The van der Waals surface area contributed by atoms with Crippen molar-refractivity contribution in [3.8, 4) is 11.1 Å². The Hall–Kier alpha value is -2.34. The molecule has 0 spiro atoms. The highest BCUT2D eigenvalue weighted by Gasteiger charge is 2.27. The van der Waals surface area contributed by atoms with Gasteiger partial charge in [-0.2, -0.15) is 0 Å². The lowest BCUT2D eigenvalue weighted by Gasteiger charge is -2.06. The summed E-state index contributed by atoms with van der Waals surface area (Å²) in [7, 11) is 0. The Morgan fingerprint density at radius 1 is 1.35 bits per heavy atom. The second-order valence-electron chi connectivity index (χ2n) is 4.32. The smallest absolute Gasteiger partial charge is 0.338 e. The van der Waals surface area contributed by atoms with Gasteiger partial charge in [0.15, 0.2) is 0 Å². The number of nitro groups is 1. The highest BCUT2D eigenvalue weighted by molar-refractivity contribution is 6.33. The van der Waals surface area contributed by atoms with Crippen LogP contribution in [0.4, 0.5) is 5.69 Å². The first kappa shape index (κ1) is 14.1. The van der Waals surface area contributed by atoms with Crippen LogP contribution in [-0.2, 0) is 0 Å². The molecule has 0 aliphatic heterocycles. The molecule has 0 amide bonds. The fourth-order valence-corrected chi connectivity index (χ4v) is 2.53. The Bertz CT molecular complexity index is 721. The molecule has 0 bridgehead atoms. The summed E-state index contributed by atoms with van der Waals surface area (Å²) in [4.78, 5) is 24.8. The number of aromatic amines is 1. The zero-order chi connectivity index (χ0) is 15.0. The van der Waals surface area contributed by atoms with Gasteiger partial charge in [-0.1, -0.05) is 17.7 Å². The Balaban J connectivity index is 2.86. The second kappa shape index (κ2) is 4.97. The number of carbonyl (C=O) groups is 1. The van der Waals surface area contributed by atoms with Gasteiger partial charge in [-0.15, -0.1) is 0 Å². The number of aromatic carboxylic acids is 1. The molecular weight excluding hydrogens is 284 g/mol. The van der Waals surface area contributed by atoms with Crippen LogP contribution in [0.25, 0.3) is 11.1 Å². The summed E-state index contributed by atoms with van der Waals surface area (Å²) in [6.45, 7) is 3.27. The number of nitrogens with one attached hydrogen (secondary N) is 1. The summed E-state index contributed by atoms with van der Waals surface area (Å²) < 4.78 is 0. The molecule has 1 heterocycles. The SMILES string of the molecule is Cc1[nH]c(C)c(-c2cccc(Cl)c2[N+](=O)[O-])c1C(=O)O. The molecule has 2 N–H and O–H groups in total. The standard InChI is InChI=1S/C13H11ClN2O4/c1-6-10(11(13(17)18)7(2)15-6)8-4-3-5-9(14)12(8)16(19)20/h3-5,15H,1-2H3,(H,17,18). The van der Waals surface area contributed by atoms with E-state index in [0.717, 1.165) is 0 Å². The van der Waals surface area contributed by atoms with E-state index in [9.17, 15) is 20.0 Å². The summed E-state index contributed by atoms with van der Waals surface area (Å²) in [5.74, 6) is -1.14. The van der Waals surface area contributed by atoms with Crippen molar-refractivity contribution >= 4 is 23.3 Å². The summed E-state index contributed by atoms with van der Waals surface area (Å²) in [5, 5.41) is 20.4. The number of aromatic nitrogens is 1. The number of nitro benzene ring substituents is 1. The van der Waals surface area contributed by atoms with Crippen LogP contribution in [-0.4, -0.2) is 21.0 Å². The van der Waals surface area contributed by atoms with E-state index >= 15 is 0 Å². The van der Waals surface area contributed by atoms with Gasteiger partial charge in [-0.3, -0.25) is 10.1 Å². The van der Waals surface area contributed by atoms with Crippen LogP contribution < -0.4 is 0 Å². The number of carboxylic acid groups (broad SMARTS) is 1. The van der Waals surface area contributed by atoms with E-state index in [1.54, 1.807) is 19.9 Å². The summed E-state index contributed by atoms with van der Waals surface area (Å²) in [5.41, 5.74) is 1.21. The molecule has 2 rings (SSSR count). The van der Waals surface area contributed by atoms with Crippen LogP contribution in [0.15, 0.2) is 18.2 Å². The van der Waals surface area contributed by atoms with Crippen LogP contribution >= 0.6 is 11.6 Å². The molecule has 0 radical (unpaired) electrons. The number of benzene rings is 1. The molecule has 0 aliphatic rings. The minimum atomic E-state index is -1.14. The predicted octanol–water partition coefficient (Wildman–Crippen LogP) is 3.56. The van der Waals surface area contributed by atoms with E-state index in [0.29, 0.717) is 17.0 Å². The molecule has 0 unspecified atom stereocenters. The largest absolute Gasteiger partial charge is 0.478 e. The highest BCUT2D eigenvalue weighted by Crippen LogP contribution is 2.39. The van der Waals surface area contributed by atoms with Gasteiger partial charge < -0.3 is 10.1 Å². The lowest BCUT2D eigenvalue weighted by atomic mass is 9.99. The van der Waals surface area contributed by atoms with Crippen molar-refractivity contribution in [2.24, 2.45) is 0 Å². The Morgan fingerprint density at radius 2 is 2.00 bits per heavy atom. The minimum absolute atomic E-state index is 0.0212. The number of para-hydroxylation sites is 1. The first-order valence-corrected chi connectivity index (χ1v) is 6.08. The number of H-pyrrole nitrogens is 1. The third-order valence-electron chi connectivity index (χ3n) is 3.03. The van der Waals surface area contributed by atoms with E-state index in [1.165, 1.54) is 12.1 Å². The number of aryl methyl sites for hydroxylation is 2. The van der Waals surface area contributed by atoms with Gasteiger partial charge in [-0.25, -0.2) is 4.79 Å². The van der Waals surface area contributed by atoms with Crippen molar-refractivity contribution in [2.45, 2.75) is 13.8 Å². The monoisotopic (exact) mass is 294 g/mol. The van der Waals surface area contributed by atoms with Crippen molar-refractivity contribution in [1.29, 1.82) is 0 Å². The first-order chi connectivity index (χ1) is 9.34. The van der Waals surface area contributed by atoms with Crippen molar-refractivity contribution in [1.82, 2.24) is 4.98 Å². The topological polar surface area (TPSA) is 96.2 Å². The molecule has 104 valence electrons. The summed E-state index contributed by atoms with van der Waals surface area (Å²) >= 11 is 5.87. The maximum absolute atomic E-state index is 11.4. The first-order valence-electron chi connectivity index (χ1n) is 5.70. The van der Waals surface area contributed by atoms with Gasteiger partial charge in [0, 0.05) is 17.0 Å². The molecule has 0 atom stereocenters. The fourth-order valence-electron chi connectivity index (χ4n) is 2.29. The predicted molar refractivity (Wildman–Crippen MR) is 74.3 cm³/mol. The third-order valence-corrected chi connectivity index (χ3v) is 3.33. The fraction of sp³-hybridized carbons (Fsp3) is 0.154. The zero-order valence-electron chi connectivity index (χ0n) is 10.7. The normalized spacial score (nSPS) is 10.6. The average molecular weight is 295 g/mol. The van der Waals surface area contributed by atoms with Crippen molar-refractivity contribution in [3.63, 3.8) is 0 Å². The molecule has 0 fully saturated rings. The van der Waals surface area contributed by atoms with E-state index in [4.69, 9.17) is 11.6 Å². The third kappa shape index (κ3) is 2.14. The maximum Gasteiger partial charge on any atom is 0.338 e. The Kier molecular flexibility index (Phi) is 3.50. The molecule has 2 aromatic rings. The second-order valence-corrected chi connectivity index (χ2v) is 4.73. The van der Waals surface area contributed by atoms with Gasteiger partial charge in [-0.05, 0) is 26.0 Å². The zero-order valence-corrected chi connectivity index (χ0v) is 11.5. The molecule has 0 saturated carbocycles. The molecule has 6 nitrogen and oxygen atoms in total.